The van der Waals surface area contributed by atoms with Gasteiger partial charge in [-0.15, -0.1) is 0 Å². The summed E-state index contributed by atoms with van der Waals surface area (Å²) in [7, 11) is 0. The number of nitrogens with one attached hydrogen (secondary N) is 2. The molecule has 0 atom stereocenters. The van der Waals surface area contributed by atoms with Crippen LogP contribution in [0.5, 0.6) is 5.75 Å². The Balaban J connectivity index is 1.94. The number of rotatable bonds is 8. The third-order valence-electron chi connectivity index (χ3n) is 3.87. The van der Waals surface area contributed by atoms with E-state index in [4.69, 9.17) is 4.74 Å². The Hall–Kier alpha value is -2.49. The molecular weight excluding hydrogens is 312 g/mol. The van der Waals surface area contributed by atoms with Crippen molar-refractivity contribution in [3.8, 4) is 5.75 Å². The van der Waals surface area contributed by atoms with Crippen LogP contribution in [0.2, 0.25) is 0 Å². The van der Waals surface area contributed by atoms with Crippen molar-refractivity contribution in [2.45, 2.75) is 34.1 Å². The van der Waals surface area contributed by atoms with Gasteiger partial charge in [0.25, 0.3) is 0 Å². The third kappa shape index (κ3) is 5.82. The first kappa shape index (κ1) is 18.8. The summed E-state index contributed by atoms with van der Waals surface area (Å²) in [6.45, 7) is 9.26. The lowest BCUT2D eigenvalue weighted by Gasteiger charge is -2.14. The van der Waals surface area contributed by atoms with Crippen molar-refractivity contribution in [3.63, 3.8) is 0 Å². The Morgan fingerprint density at radius 3 is 2.64 bits per heavy atom. The van der Waals surface area contributed by atoms with Crippen LogP contribution < -0.4 is 15.4 Å². The van der Waals surface area contributed by atoms with Crippen LogP contribution in [0.1, 0.15) is 31.9 Å². The molecule has 134 valence electrons. The predicted octanol–water partition coefficient (Wildman–Crippen LogP) is 4.64. The highest BCUT2D eigenvalue weighted by molar-refractivity contribution is 5.94. The number of hydrogen-bond acceptors (Lipinski definition) is 3. The maximum absolute atomic E-state index is 12.3. The minimum Gasteiger partial charge on any atom is -0.493 e. The Morgan fingerprint density at radius 1 is 1.16 bits per heavy atom. The quantitative estimate of drug-likeness (QED) is 0.736. The summed E-state index contributed by atoms with van der Waals surface area (Å²) in [6.07, 6.45) is 0.931. The zero-order chi connectivity index (χ0) is 18.2. The minimum atomic E-state index is -0.0775. The van der Waals surface area contributed by atoms with Crippen molar-refractivity contribution in [2.75, 3.05) is 23.8 Å². The summed E-state index contributed by atoms with van der Waals surface area (Å²) in [5.74, 6) is 1.15. The molecule has 2 aromatic carbocycles. The van der Waals surface area contributed by atoms with Gasteiger partial charge in [0.1, 0.15) is 5.75 Å². The van der Waals surface area contributed by atoms with E-state index in [1.807, 2.05) is 30.3 Å². The van der Waals surface area contributed by atoms with E-state index in [-0.39, 0.29) is 12.5 Å². The Bertz CT molecular complexity index is 711. The molecule has 0 fully saturated rings. The lowest BCUT2D eigenvalue weighted by Crippen LogP contribution is -2.22. The van der Waals surface area contributed by atoms with Gasteiger partial charge in [-0.05, 0) is 42.5 Å². The van der Waals surface area contributed by atoms with E-state index in [0.717, 1.165) is 29.1 Å². The van der Waals surface area contributed by atoms with Gasteiger partial charge in [-0.2, -0.15) is 0 Å². The normalized spacial score (nSPS) is 10.6. The molecule has 0 aromatic heterocycles. The minimum absolute atomic E-state index is 0.0775. The van der Waals surface area contributed by atoms with Gasteiger partial charge in [-0.25, -0.2) is 0 Å². The fraction of sp³-hybridized carbons (Fsp3) is 0.381. The SMILES string of the molecule is CCc1cccc(C)c1NCC(=O)Nc1cccc(OCC(C)C)c1. The lowest BCUT2D eigenvalue weighted by atomic mass is 10.1. The highest BCUT2D eigenvalue weighted by atomic mass is 16.5. The van der Waals surface area contributed by atoms with E-state index < -0.39 is 0 Å². The third-order valence-corrected chi connectivity index (χ3v) is 3.87. The van der Waals surface area contributed by atoms with Gasteiger partial charge in [-0.1, -0.05) is 45.0 Å². The second-order valence-electron chi connectivity index (χ2n) is 6.60. The Morgan fingerprint density at radius 2 is 1.92 bits per heavy atom. The number of ether oxygens (including phenoxy) is 1. The molecule has 1 amide bonds. The van der Waals surface area contributed by atoms with Crippen molar-refractivity contribution in [2.24, 2.45) is 5.92 Å². The highest BCUT2D eigenvalue weighted by Crippen LogP contribution is 2.21. The first-order valence-electron chi connectivity index (χ1n) is 8.84. The summed E-state index contributed by atoms with van der Waals surface area (Å²) < 4.78 is 5.70. The molecule has 0 aliphatic heterocycles. The van der Waals surface area contributed by atoms with Crippen molar-refractivity contribution < 1.29 is 9.53 Å². The van der Waals surface area contributed by atoms with Crippen LogP contribution >= 0.6 is 0 Å². The summed E-state index contributed by atoms with van der Waals surface area (Å²) in [6, 6.07) is 13.7. The van der Waals surface area contributed by atoms with Crippen LogP contribution in [0.4, 0.5) is 11.4 Å². The van der Waals surface area contributed by atoms with Crippen LogP contribution in [0, 0.1) is 12.8 Å². The molecule has 0 unspecified atom stereocenters. The zero-order valence-corrected chi connectivity index (χ0v) is 15.6. The number of carbonyl (C=O) groups excluding carboxylic acids is 1. The van der Waals surface area contributed by atoms with Crippen molar-refractivity contribution >= 4 is 17.3 Å². The molecule has 25 heavy (non-hydrogen) atoms. The van der Waals surface area contributed by atoms with E-state index in [1.54, 1.807) is 0 Å². The molecule has 0 aliphatic rings. The number of hydrogen-bond donors (Lipinski definition) is 2. The van der Waals surface area contributed by atoms with E-state index in [0.29, 0.717) is 12.5 Å². The number of para-hydroxylation sites is 1. The topological polar surface area (TPSA) is 50.4 Å². The van der Waals surface area contributed by atoms with Gasteiger partial charge in [0.15, 0.2) is 0 Å². The molecule has 4 nitrogen and oxygen atoms in total. The first-order valence-corrected chi connectivity index (χ1v) is 8.84. The average Bonchev–Trinajstić information content (AvgIpc) is 2.59. The standard InChI is InChI=1S/C21H28N2O2/c1-5-17-9-6-8-16(4)21(17)22-13-20(24)23-18-10-7-11-19(12-18)25-14-15(2)3/h6-12,15,22H,5,13-14H2,1-4H3,(H,23,24). The van der Waals surface area contributed by atoms with Gasteiger partial charge in [0, 0.05) is 17.4 Å². The summed E-state index contributed by atoms with van der Waals surface area (Å²) in [4.78, 5) is 12.3. The fourth-order valence-electron chi connectivity index (χ4n) is 2.58. The van der Waals surface area contributed by atoms with Crippen LogP contribution in [0.25, 0.3) is 0 Å². The van der Waals surface area contributed by atoms with Crippen LogP contribution in [-0.2, 0) is 11.2 Å². The van der Waals surface area contributed by atoms with Crippen LogP contribution in [-0.4, -0.2) is 19.1 Å². The molecular formula is C21H28N2O2. The first-order chi connectivity index (χ1) is 12.0. The number of amides is 1. The van der Waals surface area contributed by atoms with E-state index in [1.165, 1.54) is 5.56 Å². The molecule has 0 saturated carbocycles. The smallest absolute Gasteiger partial charge is 0.243 e. The van der Waals surface area contributed by atoms with Crippen molar-refractivity contribution in [3.05, 3.63) is 53.6 Å². The molecule has 4 heteroatoms. The van der Waals surface area contributed by atoms with Gasteiger partial charge >= 0.3 is 0 Å². The van der Waals surface area contributed by atoms with E-state index >= 15 is 0 Å². The molecule has 0 aliphatic carbocycles. The van der Waals surface area contributed by atoms with E-state index in [2.05, 4.69) is 50.5 Å². The summed E-state index contributed by atoms with van der Waals surface area (Å²) >= 11 is 0. The maximum Gasteiger partial charge on any atom is 0.243 e. The molecule has 2 aromatic rings. The lowest BCUT2D eigenvalue weighted by molar-refractivity contribution is -0.114. The van der Waals surface area contributed by atoms with Crippen LogP contribution in [0.3, 0.4) is 0 Å². The Labute approximate surface area is 150 Å². The van der Waals surface area contributed by atoms with E-state index in [9.17, 15) is 4.79 Å². The number of carbonyl (C=O) groups is 1. The molecule has 2 N–H and O–H groups in total. The molecule has 0 heterocycles. The zero-order valence-electron chi connectivity index (χ0n) is 15.6. The van der Waals surface area contributed by atoms with Crippen molar-refractivity contribution in [1.29, 1.82) is 0 Å². The predicted molar refractivity (Wildman–Crippen MR) is 104 cm³/mol. The number of anilines is 2. The number of benzene rings is 2. The fourth-order valence-corrected chi connectivity index (χ4v) is 2.58. The molecule has 0 spiro atoms. The van der Waals surface area contributed by atoms with Crippen LogP contribution in [0.15, 0.2) is 42.5 Å². The Kier molecular flexibility index (Phi) is 6.87. The highest BCUT2D eigenvalue weighted by Gasteiger charge is 2.08. The molecule has 0 saturated heterocycles. The monoisotopic (exact) mass is 340 g/mol. The maximum atomic E-state index is 12.3. The van der Waals surface area contributed by atoms with Gasteiger partial charge < -0.3 is 15.4 Å². The van der Waals surface area contributed by atoms with Gasteiger partial charge in [0.05, 0.1) is 13.2 Å². The molecule has 0 bridgehead atoms. The van der Waals surface area contributed by atoms with Gasteiger partial charge in [0.2, 0.25) is 5.91 Å². The summed E-state index contributed by atoms with van der Waals surface area (Å²) in [5.41, 5.74) is 4.16. The van der Waals surface area contributed by atoms with Crippen molar-refractivity contribution in [1.82, 2.24) is 0 Å². The molecule has 0 radical (unpaired) electrons. The average molecular weight is 340 g/mol. The second-order valence-corrected chi connectivity index (χ2v) is 6.60. The summed E-state index contributed by atoms with van der Waals surface area (Å²) in [5, 5.41) is 6.18. The largest absolute Gasteiger partial charge is 0.493 e. The van der Waals surface area contributed by atoms with Gasteiger partial charge in [-0.3, -0.25) is 4.79 Å². The second kappa shape index (κ2) is 9.11. The molecule has 2 rings (SSSR count). The number of aryl methyl sites for hydroxylation is 2.